The summed E-state index contributed by atoms with van der Waals surface area (Å²) in [6.07, 6.45) is 1.43. The zero-order valence-corrected chi connectivity index (χ0v) is 18.6. The Morgan fingerprint density at radius 1 is 1.16 bits per heavy atom. The van der Waals surface area contributed by atoms with Crippen LogP contribution in [-0.2, 0) is 14.3 Å². The Labute approximate surface area is 188 Å². The van der Waals surface area contributed by atoms with Crippen LogP contribution in [0.3, 0.4) is 0 Å². The summed E-state index contributed by atoms with van der Waals surface area (Å²) < 4.78 is 7.43. The van der Waals surface area contributed by atoms with E-state index in [9.17, 15) is 14.9 Å². The van der Waals surface area contributed by atoms with Crippen LogP contribution in [0.15, 0.2) is 30.3 Å². The van der Waals surface area contributed by atoms with Gasteiger partial charge in [0.25, 0.3) is 5.91 Å². The smallest absolute Gasteiger partial charge is 0.251 e. The highest BCUT2D eigenvalue weighted by Gasteiger charge is 2.31. The van der Waals surface area contributed by atoms with Crippen molar-refractivity contribution in [1.29, 1.82) is 5.26 Å². The number of piperazine rings is 1. The third kappa shape index (κ3) is 4.40. The largest absolute Gasteiger partial charge is 0.368 e. The second-order valence-corrected chi connectivity index (χ2v) is 8.37. The molecule has 2 aliphatic heterocycles. The predicted octanol–water partition coefficient (Wildman–Crippen LogP) is 2.23. The van der Waals surface area contributed by atoms with Crippen LogP contribution in [0.2, 0.25) is 0 Å². The zero-order chi connectivity index (χ0) is 22.7. The average molecular weight is 436 g/mol. The molecular formula is C24H29N5O3. The lowest BCUT2D eigenvalue weighted by atomic mass is 10.2. The van der Waals surface area contributed by atoms with Gasteiger partial charge in [0.15, 0.2) is 0 Å². The molecule has 0 spiro atoms. The first kappa shape index (κ1) is 22.1. The fourth-order valence-corrected chi connectivity index (χ4v) is 4.44. The van der Waals surface area contributed by atoms with Crippen LogP contribution < -0.4 is 5.32 Å². The van der Waals surface area contributed by atoms with Gasteiger partial charge in [-0.15, -0.1) is 0 Å². The average Bonchev–Trinajstić information content (AvgIpc) is 3.42. The Kier molecular flexibility index (Phi) is 6.58. The van der Waals surface area contributed by atoms with Crippen molar-refractivity contribution in [2.45, 2.75) is 32.8 Å². The highest BCUT2D eigenvalue weighted by molar-refractivity contribution is 5.93. The fraction of sp³-hybridized carbons (Fsp3) is 0.458. The molecule has 0 aliphatic carbocycles. The number of carbonyl (C=O) groups excluding carboxylic acids is 2. The van der Waals surface area contributed by atoms with Crippen LogP contribution >= 0.6 is 0 Å². The Hall–Kier alpha value is -3.15. The van der Waals surface area contributed by atoms with E-state index in [4.69, 9.17) is 4.74 Å². The second-order valence-electron chi connectivity index (χ2n) is 8.37. The van der Waals surface area contributed by atoms with E-state index in [1.54, 1.807) is 0 Å². The van der Waals surface area contributed by atoms with Gasteiger partial charge in [0.2, 0.25) is 5.91 Å². The lowest BCUT2D eigenvalue weighted by molar-refractivity contribution is -0.142. The topological polar surface area (TPSA) is 90.6 Å². The van der Waals surface area contributed by atoms with E-state index in [0.717, 1.165) is 29.8 Å². The van der Waals surface area contributed by atoms with Crippen LogP contribution in [0.1, 0.15) is 29.7 Å². The van der Waals surface area contributed by atoms with E-state index in [2.05, 4.69) is 11.4 Å². The maximum atomic E-state index is 12.9. The van der Waals surface area contributed by atoms with Crippen molar-refractivity contribution in [3.05, 3.63) is 47.2 Å². The van der Waals surface area contributed by atoms with Crippen LogP contribution in [0, 0.1) is 25.2 Å². The molecule has 2 saturated heterocycles. The minimum Gasteiger partial charge on any atom is -0.368 e. The minimum absolute atomic E-state index is 0.0666. The Bertz CT molecular complexity index is 1030. The maximum Gasteiger partial charge on any atom is 0.251 e. The number of carbonyl (C=O) groups is 2. The molecule has 1 unspecified atom stereocenters. The van der Waals surface area contributed by atoms with Gasteiger partial charge in [0, 0.05) is 44.2 Å². The second kappa shape index (κ2) is 9.55. The highest BCUT2D eigenvalue weighted by atomic mass is 16.5. The molecule has 3 heterocycles. The molecule has 0 saturated carbocycles. The van der Waals surface area contributed by atoms with Crippen LogP contribution in [0.25, 0.3) is 5.69 Å². The number of ether oxygens (including phenoxy) is 1. The standard InChI is InChI=1S/C24H29N5O3/c1-17-18(2)29(19-7-4-3-5-8-19)23(20(17)15-25)26-22(30)16-27-10-12-28(13-11-27)24(31)21-9-6-14-32-21/h3-5,7-8,21H,6,9-14,16H2,1-2H3,(H,26,30). The molecule has 168 valence electrons. The van der Waals surface area contributed by atoms with Crippen molar-refractivity contribution in [1.82, 2.24) is 14.4 Å². The molecule has 2 aromatic rings. The molecule has 2 amide bonds. The van der Waals surface area contributed by atoms with Crippen molar-refractivity contribution in [3.63, 3.8) is 0 Å². The highest BCUT2D eigenvalue weighted by Crippen LogP contribution is 2.30. The van der Waals surface area contributed by atoms with Gasteiger partial charge in [-0.2, -0.15) is 5.26 Å². The first-order valence-electron chi connectivity index (χ1n) is 11.1. The van der Waals surface area contributed by atoms with Gasteiger partial charge < -0.3 is 15.0 Å². The summed E-state index contributed by atoms with van der Waals surface area (Å²) in [6, 6.07) is 11.9. The molecule has 0 bridgehead atoms. The van der Waals surface area contributed by atoms with E-state index in [1.165, 1.54) is 0 Å². The number of anilines is 1. The first-order valence-corrected chi connectivity index (χ1v) is 11.1. The summed E-state index contributed by atoms with van der Waals surface area (Å²) in [5, 5.41) is 12.7. The summed E-state index contributed by atoms with van der Waals surface area (Å²) in [6.45, 7) is 7.16. The van der Waals surface area contributed by atoms with E-state index in [1.807, 2.05) is 58.5 Å². The number of hydrogen-bond donors (Lipinski definition) is 1. The molecule has 1 N–H and O–H groups in total. The third-order valence-corrected chi connectivity index (χ3v) is 6.35. The van der Waals surface area contributed by atoms with Crippen molar-refractivity contribution < 1.29 is 14.3 Å². The molecule has 8 nitrogen and oxygen atoms in total. The fourth-order valence-electron chi connectivity index (χ4n) is 4.44. The lowest BCUT2D eigenvalue weighted by Crippen LogP contribution is -2.52. The van der Waals surface area contributed by atoms with E-state index in [0.29, 0.717) is 44.2 Å². The summed E-state index contributed by atoms with van der Waals surface area (Å²) in [7, 11) is 0. The van der Waals surface area contributed by atoms with Gasteiger partial charge in [0.1, 0.15) is 18.0 Å². The van der Waals surface area contributed by atoms with Crippen molar-refractivity contribution in [2.75, 3.05) is 44.6 Å². The minimum atomic E-state index is -0.300. The summed E-state index contributed by atoms with van der Waals surface area (Å²) in [4.78, 5) is 29.3. The molecule has 8 heteroatoms. The van der Waals surface area contributed by atoms with Crippen LogP contribution in [0.5, 0.6) is 0 Å². The normalized spacial score (nSPS) is 19.0. The van der Waals surface area contributed by atoms with Gasteiger partial charge in [-0.05, 0) is 44.4 Å². The van der Waals surface area contributed by atoms with Gasteiger partial charge in [-0.25, -0.2) is 0 Å². The van der Waals surface area contributed by atoms with Gasteiger partial charge in [-0.3, -0.25) is 19.1 Å². The first-order chi connectivity index (χ1) is 15.5. The molecule has 0 radical (unpaired) electrons. The SMILES string of the molecule is Cc1c(C#N)c(NC(=O)CN2CCN(C(=O)C3CCCO3)CC2)n(-c2ccccc2)c1C. The van der Waals surface area contributed by atoms with Crippen molar-refractivity contribution in [2.24, 2.45) is 0 Å². The van der Waals surface area contributed by atoms with E-state index < -0.39 is 0 Å². The summed E-state index contributed by atoms with van der Waals surface area (Å²) >= 11 is 0. The molecule has 4 rings (SSSR count). The molecule has 32 heavy (non-hydrogen) atoms. The lowest BCUT2D eigenvalue weighted by Gasteiger charge is -2.35. The number of hydrogen-bond acceptors (Lipinski definition) is 5. The summed E-state index contributed by atoms with van der Waals surface area (Å²) in [5.41, 5.74) is 3.15. The van der Waals surface area contributed by atoms with Gasteiger partial charge in [0.05, 0.1) is 12.1 Å². The molecule has 1 aromatic heterocycles. The third-order valence-electron chi connectivity index (χ3n) is 6.35. The molecule has 1 atom stereocenters. The Morgan fingerprint density at radius 3 is 2.50 bits per heavy atom. The number of amides is 2. The number of nitrogens with one attached hydrogen (secondary N) is 1. The molecule has 2 aliphatic rings. The monoisotopic (exact) mass is 435 g/mol. The van der Waals surface area contributed by atoms with Crippen molar-refractivity contribution >= 4 is 17.6 Å². The van der Waals surface area contributed by atoms with Gasteiger partial charge in [-0.1, -0.05) is 18.2 Å². The predicted molar refractivity (Wildman–Crippen MR) is 121 cm³/mol. The Balaban J connectivity index is 1.41. The number of benzene rings is 1. The Morgan fingerprint density at radius 2 is 1.88 bits per heavy atom. The van der Waals surface area contributed by atoms with E-state index >= 15 is 0 Å². The number of rotatable bonds is 5. The molecule has 2 fully saturated rings. The van der Waals surface area contributed by atoms with E-state index in [-0.39, 0.29) is 24.5 Å². The molecular weight excluding hydrogens is 406 g/mol. The maximum absolute atomic E-state index is 12.9. The van der Waals surface area contributed by atoms with Gasteiger partial charge >= 0.3 is 0 Å². The quantitative estimate of drug-likeness (QED) is 0.778. The zero-order valence-electron chi connectivity index (χ0n) is 18.6. The van der Waals surface area contributed by atoms with Crippen LogP contribution in [-0.4, -0.2) is 71.6 Å². The van der Waals surface area contributed by atoms with Crippen LogP contribution in [0.4, 0.5) is 5.82 Å². The number of aromatic nitrogens is 1. The molecule has 1 aromatic carbocycles. The van der Waals surface area contributed by atoms with Crippen molar-refractivity contribution in [3.8, 4) is 11.8 Å². The number of nitrogens with zero attached hydrogens (tertiary/aromatic N) is 4. The number of para-hydroxylation sites is 1. The number of nitriles is 1. The summed E-state index contributed by atoms with van der Waals surface area (Å²) in [5.74, 6) is 0.401.